The van der Waals surface area contributed by atoms with Crippen LogP contribution < -0.4 is 0 Å². The maximum absolute atomic E-state index is 12.8. The molecule has 0 aliphatic heterocycles. The maximum Gasteiger partial charge on any atom is 0.305 e. The highest BCUT2D eigenvalue weighted by molar-refractivity contribution is 6.30. The molecule has 1 amide bonds. The van der Waals surface area contributed by atoms with Gasteiger partial charge in [-0.15, -0.1) is 0 Å². The molecule has 2 aromatic rings. The molecule has 1 heterocycles. The van der Waals surface area contributed by atoms with Crippen molar-refractivity contribution in [1.82, 2.24) is 14.7 Å². The number of rotatable bonds is 7. The fraction of sp³-hybridized carbons (Fsp3) is 0.389. The van der Waals surface area contributed by atoms with E-state index in [0.717, 1.165) is 11.4 Å². The lowest BCUT2D eigenvalue weighted by Gasteiger charge is -2.23. The zero-order valence-corrected chi connectivity index (χ0v) is 15.3. The number of aliphatic carboxylic acids is 1. The number of carbonyl (C=O) groups is 2. The van der Waals surface area contributed by atoms with E-state index in [1.807, 2.05) is 32.9 Å². The minimum absolute atomic E-state index is 0.0908. The number of hydrogen-bond donors (Lipinski definition) is 1. The average Bonchev–Trinajstić information content (AvgIpc) is 2.92. The fourth-order valence-corrected chi connectivity index (χ4v) is 2.74. The second-order valence-corrected chi connectivity index (χ2v) is 6.79. The Balaban J connectivity index is 2.28. The van der Waals surface area contributed by atoms with Crippen LogP contribution in [0.4, 0.5) is 0 Å². The Bertz CT molecular complexity index is 771. The molecular weight excluding hydrogens is 342 g/mol. The molecule has 1 N–H and O–H groups in total. The van der Waals surface area contributed by atoms with Crippen molar-refractivity contribution in [3.8, 4) is 5.69 Å². The summed E-state index contributed by atoms with van der Waals surface area (Å²) in [7, 11) is 0. The molecule has 0 spiro atoms. The second-order valence-electron chi connectivity index (χ2n) is 6.35. The Morgan fingerprint density at radius 1 is 1.32 bits per heavy atom. The van der Waals surface area contributed by atoms with E-state index in [-0.39, 0.29) is 24.8 Å². The van der Waals surface area contributed by atoms with Crippen molar-refractivity contribution in [2.75, 3.05) is 13.1 Å². The molecule has 25 heavy (non-hydrogen) atoms. The number of nitrogens with zero attached hydrogens (tertiary/aromatic N) is 3. The van der Waals surface area contributed by atoms with Gasteiger partial charge in [0.1, 0.15) is 0 Å². The van der Waals surface area contributed by atoms with Gasteiger partial charge in [-0.3, -0.25) is 9.59 Å². The number of amides is 1. The first-order valence-electron chi connectivity index (χ1n) is 8.11. The standard InChI is InChI=1S/C18H22ClN3O3/c1-12(2)11-21(8-7-17(23)24)18(25)16-9-13(3)22(20-16)15-6-4-5-14(19)10-15/h4-6,9-10,12H,7-8,11H2,1-3H3,(H,23,24). The van der Waals surface area contributed by atoms with Crippen LogP contribution in [0.25, 0.3) is 5.69 Å². The summed E-state index contributed by atoms with van der Waals surface area (Å²) < 4.78 is 1.66. The summed E-state index contributed by atoms with van der Waals surface area (Å²) in [5.41, 5.74) is 1.86. The fourth-order valence-electron chi connectivity index (χ4n) is 2.56. The highest BCUT2D eigenvalue weighted by Gasteiger charge is 2.21. The van der Waals surface area contributed by atoms with Gasteiger partial charge in [-0.1, -0.05) is 31.5 Å². The quantitative estimate of drug-likeness (QED) is 0.817. The molecular formula is C18H22ClN3O3. The van der Waals surface area contributed by atoms with E-state index >= 15 is 0 Å². The third kappa shape index (κ3) is 5.06. The second kappa shape index (κ2) is 8.16. The molecule has 0 fully saturated rings. The molecule has 7 heteroatoms. The number of benzene rings is 1. The van der Waals surface area contributed by atoms with E-state index in [0.29, 0.717) is 17.3 Å². The highest BCUT2D eigenvalue weighted by atomic mass is 35.5. The molecule has 1 aromatic heterocycles. The van der Waals surface area contributed by atoms with Gasteiger partial charge in [0.25, 0.3) is 5.91 Å². The Morgan fingerprint density at radius 2 is 2.04 bits per heavy atom. The first kappa shape index (κ1) is 19.0. The largest absolute Gasteiger partial charge is 0.481 e. The van der Waals surface area contributed by atoms with Gasteiger partial charge in [-0.05, 0) is 37.1 Å². The van der Waals surface area contributed by atoms with Crippen molar-refractivity contribution < 1.29 is 14.7 Å². The van der Waals surface area contributed by atoms with Gasteiger partial charge >= 0.3 is 5.97 Å². The van der Waals surface area contributed by atoms with Crippen molar-refractivity contribution in [3.05, 3.63) is 46.7 Å². The number of aryl methyl sites for hydroxylation is 1. The van der Waals surface area contributed by atoms with Crippen LogP contribution in [0.5, 0.6) is 0 Å². The number of carbonyl (C=O) groups excluding carboxylic acids is 1. The summed E-state index contributed by atoms with van der Waals surface area (Å²) in [6.07, 6.45) is -0.0908. The monoisotopic (exact) mass is 363 g/mol. The molecule has 6 nitrogen and oxygen atoms in total. The summed E-state index contributed by atoms with van der Waals surface area (Å²) in [6, 6.07) is 8.92. The van der Waals surface area contributed by atoms with Crippen LogP contribution in [0, 0.1) is 12.8 Å². The topological polar surface area (TPSA) is 75.4 Å². The van der Waals surface area contributed by atoms with Gasteiger partial charge in [0.2, 0.25) is 0 Å². The van der Waals surface area contributed by atoms with E-state index in [1.165, 1.54) is 0 Å². The number of halogens is 1. The lowest BCUT2D eigenvalue weighted by molar-refractivity contribution is -0.137. The van der Waals surface area contributed by atoms with Gasteiger partial charge in [0, 0.05) is 23.8 Å². The molecule has 0 atom stereocenters. The van der Waals surface area contributed by atoms with E-state index < -0.39 is 5.97 Å². The van der Waals surface area contributed by atoms with Crippen molar-refractivity contribution in [2.24, 2.45) is 5.92 Å². The average molecular weight is 364 g/mol. The third-order valence-electron chi connectivity index (χ3n) is 3.63. The van der Waals surface area contributed by atoms with Crippen LogP contribution in [-0.4, -0.2) is 44.8 Å². The third-order valence-corrected chi connectivity index (χ3v) is 3.86. The molecule has 0 saturated carbocycles. The van der Waals surface area contributed by atoms with E-state index in [9.17, 15) is 9.59 Å². The number of carboxylic acids is 1. The van der Waals surface area contributed by atoms with E-state index in [1.54, 1.807) is 27.8 Å². The summed E-state index contributed by atoms with van der Waals surface area (Å²) >= 11 is 6.02. The first-order valence-corrected chi connectivity index (χ1v) is 8.49. The van der Waals surface area contributed by atoms with Crippen molar-refractivity contribution >= 4 is 23.5 Å². The zero-order chi connectivity index (χ0) is 18.6. The van der Waals surface area contributed by atoms with Gasteiger partial charge in [0.15, 0.2) is 5.69 Å². The van der Waals surface area contributed by atoms with Gasteiger partial charge in [0.05, 0.1) is 12.1 Å². The molecule has 1 aromatic carbocycles. The summed E-state index contributed by atoms with van der Waals surface area (Å²) in [6.45, 7) is 6.47. The van der Waals surface area contributed by atoms with Crippen LogP contribution in [0.1, 0.15) is 36.5 Å². The number of hydrogen-bond acceptors (Lipinski definition) is 3. The SMILES string of the molecule is Cc1cc(C(=O)N(CCC(=O)O)CC(C)C)nn1-c1cccc(Cl)c1. The first-order chi connectivity index (χ1) is 11.8. The summed E-state index contributed by atoms with van der Waals surface area (Å²) in [5.74, 6) is -0.963. The van der Waals surface area contributed by atoms with Crippen LogP contribution >= 0.6 is 11.6 Å². The molecule has 134 valence electrons. The predicted octanol–water partition coefficient (Wildman–Crippen LogP) is 3.41. The molecule has 0 aliphatic rings. The summed E-state index contributed by atoms with van der Waals surface area (Å²) in [5, 5.41) is 13.9. The van der Waals surface area contributed by atoms with Gasteiger partial charge in [-0.2, -0.15) is 5.10 Å². The van der Waals surface area contributed by atoms with Gasteiger partial charge in [-0.25, -0.2) is 4.68 Å². The Kier molecular flexibility index (Phi) is 6.20. The molecule has 0 radical (unpaired) electrons. The number of carboxylic acid groups (broad SMARTS) is 1. The highest BCUT2D eigenvalue weighted by Crippen LogP contribution is 2.18. The Morgan fingerprint density at radius 3 is 2.64 bits per heavy atom. The van der Waals surface area contributed by atoms with Gasteiger partial charge < -0.3 is 10.0 Å². The molecule has 0 saturated heterocycles. The van der Waals surface area contributed by atoms with Crippen LogP contribution in [0.15, 0.2) is 30.3 Å². The van der Waals surface area contributed by atoms with Crippen LogP contribution in [0.2, 0.25) is 5.02 Å². The van der Waals surface area contributed by atoms with Crippen molar-refractivity contribution in [2.45, 2.75) is 27.2 Å². The smallest absolute Gasteiger partial charge is 0.305 e. The maximum atomic E-state index is 12.8. The minimum atomic E-state index is -0.929. The van der Waals surface area contributed by atoms with Crippen LogP contribution in [0.3, 0.4) is 0 Å². The Hall–Kier alpha value is -2.34. The van der Waals surface area contributed by atoms with Crippen molar-refractivity contribution in [3.63, 3.8) is 0 Å². The minimum Gasteiger partial charge on any atom is -0.481 e. The summed E-state index contributed by atoms with van der Waals surface area (Å²) in [4.78, 5) is 25.2. The van der Waals surface area contributed by atoms with Crippen molar-refractivity contribution in [1.29, 1.82) is 0 Å². The van der Waals surface area contributed by atoms with Crippen LogP contribution in [-0.2, 0) is 4.79 Å². The molecule has 2 rings (SSSR count). The molecule has 0 aliphatic carbocycles. The predicted molar refractivity (Wildman–Crippen MR) is 96.3 cm³/mol. The lowest BCUT2D eigenvalue weighted by atomic mass is 10.2. The zero-order valence-electron chi connectivity index (χ0n) is 14.6. The van der Waals surface area contributed by atoms with E-state index in [2.05, 4.69) is 5.10 Å². The lowest BCUT2D eigenvalue weighted by Crippen LogP contribution is -2.36. The normalized spacial score (nSPS) is 10.9. The molecule has 0 bridgehead atoms. The Labute approximate surface area is 152 Å². The number of aromatic nitrogens is 2. The van der Waals surface area contributed by atoms with E-state index in [4.69, 9.17) is 16.7 Å². The molecule has 0 unspecified atom stereocenters.